The van der Waals surface area contributed by atoms with Gasteiger partial charge in [0, 0.05) is 23.4 Å². The number of anilines is 2. The summed E-state index contributed by atoms with van der Waals surface area (Å²) >= 11 is 13.0. The second kappa shape index (κ2) is 9.77. The Labute approximate surface area is 212 Å². The second-order valence-electron chi connectivity index (χ2n) is 9.18. The van der Waals surface area contributed by atoms with Gasteiger partial charge in [-0.3, -0.25) is 9.59 Å². The minimum Gasteiger partial charge on any atom is -0.352 e. The third kappa shape index (κ3) is 5.05. The fourth-order valence-electron chi connectivity index (χ4n) is 4.39. The lowest BCUT2D eigenvalue weighted by Gasteiger charge is -2.35. The molecule has 0 unspecified atom stereocenters. The predicted molar refractivity (Wildman–Crippen MR) is 138 cm³/mol. The molecule has 1 atom stereocenters. The summed E-state index contributed by atoms with van der Waals surface area (Å²) in [5.74, 6) is 6.22. The van der Waals surface area contributed by atoms with E-state index in [1.54, 1.807) is 12.3 Å². The van der Waals surface area contributed by atoms with Crippen LogP contribution in [-0.2, 0) is 17.6 Å². The molecular weight excluding hydrogens is 492 g/mol. The first kappa shape index (κ1) is 23.5. The van der Waals surface area contributed by atoms with Gasteiger partial charge in [0.05, 0.1) is 17.4 Å². The van der Waals surface area contributed by atoms with Crippen molar-refractivity contribution in [3.05, 3.63) is 39.5 Å². The van der Waals surface area contributed by atoms with E-state index >= 15 is 0 Å². The standard InChI is InChI=1S/C23H27ClN6O2S2/c24-18-8-6-15(11-26-18)30(23(33)29-25)14-5-7-17-16(9-14)19(21(32)27-10-12-1-2-12)22(34-17)28-20(31)13-3-4-13/h6,8,11-14H,1-5,7,9-10,25H2,(H,27,32)(H,28,31)(H,29,33)/t14-/m0/s1. The van der Waals surface area contributed by atoms with Crippen LogP contribution < -0.4 is 26.8 Å². The number of nitrogens with two attached hydrogens (primary N) is 1. The van der Waals surface area contributed by atoms with E-state index in [1.807, 2.05) is 11.0 Å². The highest BCUT2D eigenvalue weighted by atomic mass is 35.5. The van der Waals surface area contributed by atoms with E-state index in [4.69, 9.17) is 29.7 Å². The monoisotopic (exact) mass is 518 g/mol. The van der Waals surface area contributed by atoms with E-state index in [9.17, 15) is 9.59 Å². The molecule has 5 N–H and O–H groups in total. The number of thiophene rings is 1. The zero-order chi connectivity index (χ0) is 23.8. The van der Waals surface area contributed by atoms with Gasteiger partial charge in [-0.25, -0.2) is 10.8 Å². The maximum atomic E-state index is 13.3. The maximum Gasteiger partial charge on any atom is 0.254 e. The van der Waals surface area contributed by atoms with Crippen molar-refractivity contribution in [1.82, 2.24) is 15.7 Å². The average Bonchev–Trinajstić information content (AvgIpc) is 3.75. The summed E-state index contributed by atoms with van der Waals surface area (Å²) in [5.41, 5.74) is 4.94. The zero-order valence-corrected chi connectivity index (χ0v) is 21.0. The van der Waals surface area contributed by atoms with E-state index < -0.39 is 0 Å². The van der Waals surface area contributed by atoms with Crippen LogP contribution in [0.2, 0.25) is 5.15 Å². The van der Waals surface area contributed by atoms with Gasteiger partial charge in [0.25, 0.3) is 5.91 Å². The van der Waals surface area contributed by atoms with Crippen LogP contribution in [-0.4, -0.2) is 34.5 Å². The van der Waals surface area contributed by atoms with Crippen molar-refractivity contribution in [1.29, 1.82) is 0 Å². The summed E-state index contributed by atoms with van der Waals surface area (Å²) in [6.45, 7) is 0.673. The summed E-state index contributed by atoms with van der Waals surface area (Å²) in [6, 6.07) is 3.53. The lowest BCUT2D eigenvalue weighted by Crippen LogP contribution is -2.50. The summed E-state index contributed by atoms with van der Waals surface area (Å²) in [6.07, 6.45) is 7.99. The normalized spacial score (nSPS) is 19.2. The number of aromatic nitrogens is 1. The van der Waals surface area contributed by atoms with Gasteiger partial charge in [0.2, 0.25) is 5.91 Å². The molecule has 0 spiro atoms. The van der Waals surface area contributed by atoms with E-state index in [-0.39, 0.29) is 23.8 Å². The molecule has 2 aromatic heterocycles. The molecule has 0 aliphatic heterocycles. The average molecular weight is 519 g/mol. The molecule has 0 radical (unpaired) electrons. The first-order valence-corrected chi connectivity index (χ1v) is 13.2. The quantitative estimate of drug-likeness (QED) is 0.192. The second-order valence-corrected chi connectivity index (χ2v) is 11.1. The molecule has 180 valence electrons. The highest BCUT2D eigenvalue weighted by Crippen LogP contribution is 2.41. The van der Waals surface area contributed by atoms with Crippen molar-refractivity contribution >= 4 is 62.8 Å². The predicted octanol–water partition coefficient (Wildman–Crippen LogP) is 3.40. The number of hydrazine groups is 1. The van der Waals surface area contributed by atoms with Gasteiger partial charge in [0.15, 0.2) is 5.11 Å². The Morgan fingerprint density at radius 1 is 1.24 bits per heavy atom. The van der Waals surface area contributed by atoms with Crippen LogP contribution in [0.15, 0.2) is 18.3 Å². The Hall–Kier alpha value is -2.27. The molecule has 5 rings (SSSR count). The number of amides is 2. The molecule has 8 nitrogen and oxygen atoms in total. The van der Waals surface area contributed by atoms with Crippen LogP contribution >= 0.6 is 35.2 Å². The largest absolute Gasteiger partial charge is 0.352 e. The smallest absolute Gasteiger partial charge is 0.254 e. The van der Waals surface area contributed by atoms with E-state index in [0.717, 1.165) is 54.7 Å². The zero-order valence-electron chi connectivity index (χ0n) is 18.6. The number of halogens is 1. The van der Waals surface area contributed by atoms with Crippen LogP contribution in [0.1, 0.15) is 52.9 Å². The fourth-order valence-corrected chi connectivity index (χ4v) is 6.01. The number of aryl methyl sites for hydroxylation is 1. The highest BCUT2D eigenvalue weighted by molar-refractivity contribution is 7.80. The summed E-state index contributed by atoms with van der Waals surface area (Å²) in [7, 11) is 0. The number of carbonyl (C=O) groups excluding carboxylic acids is 2. The van der Waals surface area contributed by atoms with Crippen LogP contribution in [0.3, 0.4) is 0 Å². The van der Waals surface area contributed by atoms with Gasteiger partial charge < -0.3 is 21.0 Å². The molecule has 34 heavy (non-hydrogen) atoms. The van der Waals surface area contributed by atoms with E-state index in [0.29, 0.717) is 39.7 Å². The van der Waals surface area contributed by atoms with Crippen molar-refractivity contribution in [2.45, 2.75) is 51.0 Å². The number of pyridine rings is 1. The summed E-state index contributed by atoms with van der Waals surface area (Å²) < 4.78 is 0. The SMILES string of the molecule is NNC(=S)N(c1ccc(Cl)nc1)[C@H]1CCc2sc(NC(=O)C3CC3)c(C(=O)NCC3CC3)c2C1. The van der Waals surface area contributed by atoms with Gasteiger partial charge in [0.1, 0.15) is 10.2 Å². The Bertz CT molecular complexity index is 1110. The molecule has 2 heterocycles. The van der Waals surface area contributed by atoms with E-state index in [2.05, 4.69) is 21.0 Å². The topological polar surface area (TPSA) is 112 Å². The van der Waals surface area contributed by atoms with Crippen molar-refractivity contribution in [2.75, 3.05) is 16.8 Å². The van der Waals surface area contributed by atoms with E-state index in [1.165, 1.54) is 11.3 Å². The highest BCUT2D eigenvalue weighted by Gasteiger charge is 2.36. The van der Waals surface area contributed by atoms with Crippen molar-refractivity contribution < 1.29 is 9.59 Å². The lowest BCUT2D eigenvalue weighted by atomic mass is 9.90. The van der Waals surface area contributed by atoms with Gasteiger partial charge in [-0.2, -0.15) is 0 Å². The summed E-state index contributed by atoms with van der Waals surface area (Å²) in [5, 5.41) is 7.57. The van der Waals surface area contributed by atoms with Crippen LogP contribution in [0.25, 0.3) is 0 Å². The first-order valence-electron chi connectivity index (χ1n) is 11.6. The molecule has 0 bridgehead atoms. The number of fused-ring (bicyclic) bond motifs is 1. The molecular formula is C23H27ClN6O2S2. The fraction of sp³-hybridized carbons (Fsp3) is 0.478. The number of nitrogens with one attached hydrogen (secondary N) is 3. The van der Waals surface area contributed by atoms with Gasteiger partial charge >= 0.3 is 0 Å². The molecule has 3 aliphatic carbocycles. The first-order chi connectivity index (χ1) is 16.4. The molecule has 0 saturated heterocycles. The number of carbonyl (C=O) groups is 2. The Kier molecular flexibility index (Phi) is 6.74. The lowest BCUT2D eigenvalue weighted by molar-refractivity contribution is -0.117. The van der Waals surface area contributed by atoms with Crippen molar-refractivity contribution in [2.24, 2.45) is 17.7 Å². The minimum atomic E-state index is -0.115. The third-order valence-corrected chi connectivity index (χ3v) is 8.34. The Balaban J connectivity index is 1.45. The molecule has 2 fully saturated rings. The molecule has 2 aromatic rings. The van der Waals surface area contributed by atoms with Crippen molar-refractivity contribution in [3.8, 4) is 0 Å². The van der Waals surface area contributed by atoms with Gasteiger partial charge in [-0.1, -0.05) is 11.6 Å². The molecule has 2 amide bonds. The van der Waals surface area contributed by atoms with Crippen molar-refractivity contribution in [3.63, 3.8) is 0 Å². The molecule has 3 aliphatic rings. The van der Waals surface area contributed by atoms with Crippen LogP contribution in [0.5, 0.6) is 0 Å². The number of rotatable bonds is 7. The maximum absolute atomic E-state index is 13.3. The van der Waals surface area contributed by atoms with Crippen LogP contribution in [0, 0.1) is 11.8 Å². The van der Waals surface area contributed by atoms with Gasteiger partial charge in [-0.05, 0) is 80.8 Å². The summed E-state index contributed by atoms with van der Waals surface area (Å²) in [4.78, 5) is 33.1. The number of hydrogen-bond acceptors (Lipinski definition) is 6. The molecule has 2 saturated carbocycles. The van der Waals surface area contributed by atoms with Crippen LogP contribution in [0.4, 0.5) is 10.7 Å². The third-order valence-electron chi connectivity index (χ3n) is 6.59. The number of nitrogens with zero attached hydrogens (tertiary/aromatic N) is 2. The molecule has 11 heteroatoms. The Morgan fingerprint density at radius 2 is 2.03 bits per heavy atom. The number of thiocarbonyl (C=S) groups is 1. The minimum absolute atomic E-state index is 0.00812. The Morgan fingerprint density at radius 3 is 2.68 bits per heavy atom. The molecule has 0 aromatic carbocycles. The number of hydrogen-bond donors (Lipinski definition) is 4. The van der Waals surface area contributed by atoms with Gasteiger partial charge in [-0.15, -0.1) is 11.3 Å².